The number of nitrogens with zero attached hydrogens (tertiary/aromatic N) is 1. The number of thiocarbonyl (C=S) groups is 1. The molecule has 142 valence electrons. The zero-order valence-corrected chi connectivity index (χ0v) is 18.3. The minimum atomic E-state index is -0.452. The number of benzene rings is 1. The van der Waals surface area contributed by atoms with Crippen molar-refractivity contribution in [1.82, 2.24) is 0 Å². The van der Waals surface area contributed by atoms with Crippen LogP contribution in [-0.2, 0) is 9.59 Å². The largest absolute Gasteiger partial charge is 0.274 e. The Labute approximate surface area is 170 Å². The van der Waals surface area contributed by atoms with E-state index in [1.807, 2.05) is 36.6 Å². The van der Waals surface area contributed by atoms with Crippen molar-refractivity contribution in [2.75, 3.05) is 11.2 Å². The number of allylic oxidation sites excluding steroid dienone is 2. The summed E-state index contributed by atoms with van der Waals surface area (Å²) in [4.78, 5) is 28.7. The van der Waals surface area contributed by atoms with Crippen molar-refractivity contribution < 1.29 is 9.59 Å². The molecule has 1 saturated carbocycles. The molecule has 1 saturated heterocycles. The monoisotopic (exact) mass is 399 g/mol. The first-order chi connectivity index (χ1) is 12.6. The molecule has 2 amide bonds. The summed E-state index contributed by atoms with van der Waals surface area (Å²) < 4.78 is 0.893. The van der Waals surface area contributed by atoms with E-state index in [2.05, 4.69) is 34.6 Å². The van der Waals surface area contributed by atoms with E-state index >= 15 is 0 Å². The summed E-state index contributed by atoms with van der Waals surface area (Å²) in [6.45, 7) is 10.7. The van der Waals surface area contributed by atoms with Crippen LogP contribution in [0.25, 0.3) is 0 Å². The Kier molecular flexibility index (Phi) is 3.88. The highest BCUT2D eigenvalue weighted by atomic mass is 32.2. The van der Waals surface area contributed by atoms with Crippen molar-refractivity contribution in [3.63, 3.8) is 0 Å². The molecule has 5 atom stereocenters. The molecule has 0 spiro atoms. The molecule has 2 fully saturated rings. The van der Waals surface area contributed by atoms with Crippen molar-refractivity contribution in [1.29, 1.82) is 0 Å². The van der Waals surface area contributed by atoms with Crippen LogP contribution in [-0.4, -0.2) is 22.3 Å². The van der Waals surface area contributed by atoms with Crippen LogP contribution >= 0.6 is 24.0 Å². The van der Waals surface area contributed by atoms with Gasteiger partial charge in [-0.25, -0.2) is 4.90 Å². The van der Waals surface area contributed by atoms with Gasteiger partial charge in [0.05, 0.1) is 21.7 Å². The van der Waals surface area contributed by atoms with E-state index in [1.165, 1.54) is 16.0 Å². The van der Waals surface area contributed by atoms with Crippen molar-refractivity contribution in [3.8, 4) is 0 Å². The summed E-state index contributed by atoms with van der Waals surface area (Å²) in [7, 11) is 0. The van der Waals surface area contributed by atoms with Crippen LogP contribution in [0.5, 0.6) is 0 Å². The van der Waals surface area contributed by atoms with Crippen LogP contribution in [0.4, 0.5) is 5.69 Å². The van der Waals surface area contributed by atoms with E-state index in [0.29, 0.717) is 5.69 Å². The predicted molar refractivity (Wildman–Crippen MR) is 115 cm³/mol. The number of para-hydroxylation sites is 1. The molecule has 1 heterocycles. The Morgan fingerprint density at radius 1 is 0.963 bits per heavy atom. The van der Waals surface area contributed by atoms with E-state index < -0.39 is 16.2 Å². The molecule has 2 aliphatic carbocycles. The number of anilines is 1. The third kappa shape index (κ3) is 1.74. The quantitative estimate of drug-likeness (QED) is 0.404. The van der Waals surface area contributed by atoms with Gasteiger partial charge >= 0.3 is 0 Å². The number of carbonyl (C=O) groups is 2. The molecule has 1 aromatic rings. The number of thioether (sulfide) groups is 1. The molecule has 5 heteroatoms. The average molecular weight is 400 g/mol. The minimum absolute atomic E-state index is 0.0793. The molecule has 1 aromatic carbocycles. The second-order valence-electron chi connectivity index (χ2n) is 8.57. The summed E-state index contributed by atoms with van der Waals surface area (Å²) in [5.41, 5.74) is 1.80. The molecule has 0 N–H and O–H groups in total. The fourth-order valence-corrected chi connectivity index (χ4v) is 7.71. The summed E-state index contributed by atoms with van der Waals surface area (Å²) >= 11 is 7.43. The molecule has 1 aliphatic heterocycles. The third-order valence-corrected chi connectivity index (χ3v) is 10.0. The van der Waals surface area contributed by atoms with E-state index in [-0.39, 0.29) is 23.7 Å². The van der Waals surface area contributed by atoms with Gasteiger partial charge in [0.25, 0.3) is 0 Å². The highest BCUT2D eigenvalue weighted by Crippen LogP contribution is 2.80. The summed E-state index contributed by atoms with van der Waals surface area (Å²) in [5.74, 6) is -0.892. The second kappa shape index (κ2) is 5.54. The Bertz CT molecular complexity index is 878. The van der Waals surface area contributed by atoms with Crippen molar-refractivity contribution >= 4 is 45.7 Å². The van der Waals surface area contributed by atoms with E-state index in [0.717, 1.165) is 4.20 Å². The number of fused-ring (bicyclic) bond motifs is 5. The van der Waals surface area contributed by atoms with Crippen LogP contribution in [0, 0.1) is 28.1 Å². The maximum Gasteiger partial charge on any atom is 0.238 e. The van der Waals surface area contributed by atoms with Crippen LogP contribution in [0.3, 0.4) is 0 Å². The summed E-state index contributed by atoms with van der Waals surface area (Å²) in [6, 6.07) is 9.30. The zero-order chi connectivity index (χ0) is 19.9. The zero-order valence-electron chi connectivity index (χ0n) is 16.6. The van der Waals surface area contributed by atoms with Gasteiger partial charge < -0.3 is 0 Å². The Balaban J connectivity index is 1.96. The lowest BCUT2D eigenvalue weighted by atomic mass is 9.60. The van der Waals surface area contributed by atoms with Gasteiger partial charge in [-0.2, -0.15) is 0 Å². The van der Waals surface area contributed by atoms with Gasteiger partial charge in [-0.1, -0.05) is 62.3 Å². The lowest BCUT2D eigenvalue weighted by Crippen LogP contribution is -2.49. The number of carbonyl (C=O) groups excluding carboxylic acids is 2. The van der Waals surface area contributed by atoms with Crippen LogP contribution in [0.2, 0.25) is 0 Å². The second-order valence-corrected chi connectivity index (χ2v) is 10.1. The van der Waals surface area contributed by atoms with E-state index in [1.54, 1.807) is 11.8 Å². The van der Waals surface area contributed by atoms with Crippen LogP contribution in [0.15, 0.2) is 41.5 Å². The summed E-state index contributed by atoms with van der Waals surface area (Å²) in [5, 5.41) is 0. The van der Waals surface area contributed by atoms with Crippen molar-refractivity contribution in [3.05, 3.63) is 41.5 Å². The molecule has 1 unspecified atom stereocenters. The molecule has 3 nitrogen and oxygen atoms in total. The van der Waals surface area contributed by atoms with Gasteiger partial charge in [0.15, 0.2) is 0 Å². The number of hydrogen-bond acceptors (Lipinski definition) is 4. The molecule has 4 rings (SSSR count). The Hall–Kier alpha value is -1.46. The van der Waals surface area contributed by atoms with Gasteiger partial charge in [0.2, 0.25) is 11.8 Å². The lowest BCUT2D eigenvalue weighted by Gasteiger charge is -2.46. The SMILES string of the molecule is CSC(=S)C1(C)[C@@]2(C)C(C)=C(C)[C@]1(C)[C@@H]1C(=O)N(c3ccccc3)C(=O)[C@@H]12. The fraction of sp³-hybridized carbons (Fsp3) is 0.500. The topological polar surface area (TPSA) is 37.4 Å². The standard InChI is InChI=1S/C22H25NO2S2/c1-12-13(2)21(4)16-15(20(12,3)22(21,5)19(26)27-6)17(24)23(18(16)25)14-10-8-7-9-11-14/h7-11,15-16H,1-6H3/t15-,16+,20+,21-,22?. The molecule has 2 bridgehead atoms. The van der Waals surface area contributed by atoms with Crippen LogP contribution < -0.4 is 4.90 Å². The molecule has 0 radical (unpaired) electrons. The lowest BCUT2D eigenvalue weighted by molar-refractivity contribution is -0.125. The Morgan fingerprint density at radius 2 is 1.41 bits per heavy atom. The summed E-state index contributed by atoms with van der Waals surface area (Å²) in [6.07, 6.45) is 2.00. The maximum absolute atomic E-state index is 13.6. The van der Waals surface area contributed by atoms with E-state index in [9.17, 15) is 9.59 Å². The number of amides is 2. The molecule has 27 heavy (non-hydrogen) atoms. The maximum atomic E-state index is 13.6. The number of hydrogen-bond donors (Lipinski definition) is 0. The third-order valence-electron chi connectivity index (χ3n) is 8.36. The fourth-order valence-electron chi connectivity index (χ4n) is 6.45. The molecule has 0 aromatic heterocycles. The number of rotatable bonds is 2. The van der Waals surface area contributed by atoms with Crippen molar-refractivity contribution in [2.24, 2.45) is 28.1 Å². The van der Waals surface area contributed by atoms with E-state index in [4.69, 9.17) is 12.2 Å². The van der Waals surface area contributed by atoms with Gasteiger partial charge in [-0.3, -0.25) is 9.59 Å². The van der Waals surface area contributed by atoms with Crippen LogP contribution in [0.1, 0.15) is 34.6 Å². The van der Waals surface area contributed by atoms with Crippen molar-refractivity contribution in [2.45, 2.75) is 34.6 Å². The average Bonchev–Trinajstić information content (AvgIpc) is 3.07. The highest BCUT2D eigenvalue weighted by molar-refractivity contribution is 8.22. The molecule has 3 aliphatic rings. The number of imide groups is 1. The first-order valence-corrected chi connectivity index (χ1v) is 10.9. The molecular formula is C22H25NO2S2. The predicted octanol–water partition coefficient (Wildman–Crippen LogP) is 4.87. The first-order valence-electron chi connectivity index (χ1n) is 9.29. The smallest absolute Gasteiger partial charge is 0.238 e. The Morgan fingerprint density at radius 3 is 1.81 bits per heavy atom. The van der Waals surface area contributed by atoms with Gasteiger partial charge in [-0.05, 0) is 32.2 Å². The normalized spacial score (nSPS) is 40.1. The van der Waals surface area contributed by atoms with Gasteiger partial charge in [0.1, 0.15) is 0 Å². The van der Waals surface area contributed by atoms with Gasteiger partial charge in [0, 0.05) is 16.2 Å². The highest BCUT2D eigenvalue weighted by Gasteiger charge is 2.82. The molecular weight excluding hydrogens is 374 g/mol. The first kappa shape index (κ1) is 18.9. The minimum Gasteiger partial charge on any atom is -0.274 e. The van der Waals surface area contributed by atoms with Gasteiger partial charge in [-0.15, -0.1) is 11.8 Å².